The van der Waals surface area contributed by atoms with Crippen molar-refractivity contribution in [2.45, 2.75) is 39.2 Å². The highest BCUT2D eigenvalue weighted by Gasteiger charge is 2.37. The average Bonchev–Trinajstić information content (AvgIpc) is 2.92. The summed E-state index contributed by atoms with van der Waals surface area (Å²) in [4.78, 5) is 49.1. The molecular weight excluding hydrogens is 517 g/mol. The van der Waals surface area contributed by atoms with E-state index in [1.54, 1.807) is 6.07 Å². The fourth-order valence-corrected chi connectivity index (χ4v) is 5.23. The van der Waals surface area contributed by atoms with Gasteiger partial charge in [0.1, 0.15) is 5.82 Å². The second-order valence-corrected chi connectivity index (χ2v) is 10.3. The molecule has 1 unspecified atom stereocenters. The first kappa shape index (κ1) is 30.5. The number of nitrogens with zero attached hydrogens (tertiary/aromatic N) is 2. The molecule has 2 aliphatic rings. The number of halogens is 1. The lowest BCUT2D eigenvalue weighted by atomic mass is 9.84. The summed E-state index contributed by atoms with van der Waals surface area (Å²) in [6.45, 7) is 6.70. The van der Waals surface area contributed by atoms with E-state index in [0.29, 0.717) is 31.7 Å². The molecule has 0 spiro atoms. The van der Waals surface area contributed by atoms with E-state index in [2.05, 4.69) is 24.1 Å². The van der Waals surface area contributed by atoms with Gasteiger partial charge in [0.15, 0.2) is 0 Å². The summed E-state index contributed by atoms with van der Waals surface area (Å²) < 4.78 is 13.7. The predicted molar refractivity (Wildman–Crippen MR) is 148 cm³/mol. The van der Waals surface area contributed by atoms with Crippen molar-refractivity contribution >= 4 is 29.4 Å². The summed E-state index contributed by atoms with van der Waals surface area (Å²) in [6.07, 6.45) is 3.33. The van der Waals surface area contributed by atoms with Gasteiger partial charge in [-0.2, -0.15) is 0 Å². The first-order valence-corrected chi connectivity index (χ1v) is 13.3. The van der Waals surface area contributed by atoms with Gasteiger partial charge in [-0.15, -0.1) is 0 Å². The Morgan fingerprint density at radius 3 is 2.17 bits per heavy atom. The highest BCUT2D eigenvalue weighted by atomic mass is 19.1. The lowest BCUT2D eigenvalue weighted by Gasteiger charge is -2.42. The third kappa shape index (κ3) is 8.74. The molecule has 0 radical (unpaired) electrons. The van der Waals surface area contributed by atoms with E-state index >= 15 is 0 Å². The maximum Gasteiger partial charge on any atom is 0.328 e. The zero-order valence-electron chi connectivity index (χ0n) is 22.8. The Hall–Kier alpha value is -4.05. The van der Waals surface area contributed by atoms with Crippen molar-refractivity contribution < 1.29 is 33.8 Å². The van der Waals surface area contributed by atoms with E-state index in [0.717, 1.165) is 42.7 Å². The number of nitrogens with one attached hydrogen (secondary N) is 1. The SMILES string of the molecule is CC(C)C1c2ccc(F)cc2CCN1C(=O)C1CCN(CC(=O)Nc2ccccc2)CC1.O=C(O)/C=C/C(=O)O. The molecule has 10 heteroatoms. The molecule has 9 nitrogen and oxygen atoms in total. The normalized spacial score (nSPS) is 17.6. The molecule has 214 valence electrons. The Kier molecular flexibility index (Phi) is 11.0. The molecule has 1 saturated heterocycles. The van der Waals surface area contributed by atoms with Crippen molar-refractivity contribution in [1.29, 1.82) is 0 Å². The van der Waals surface area contributed by atoms with Crippen LogP contribution in [0.25, 0.3) is 0 Å². The zero-order valence-corrected chi connectivity index (χ0v) is 22.8. The smallest absolute Gasteiger partial charge is 0.328 e. The van der Waals surface area contributed by atoms with Crippen LogP contribution in [0.15, 0.2) is 60.7 Å². The number of carbonyl (C=O) groups is 4. The Bertz CT molecular complexity index is 1210. The van der Waals surface area contributed by atoms with Crippen LogP contribution in [-0.2, 0) is 25.6 Å². The lowest BCUT2D eigenvalue weighted by molar-refractivity contribution is -0.141. The summed E-state index contributed by atoms with van der Waals surface area (Å²) in [5.41, 5.74) is 2.90. The van der Waals surface area contributed by atoms with Gasteiger partial charge < -0.3 is 20.4 Å². The molecule has 2 aliphatic heterocycles. The summed E-state index contributed by atoms with van der Waals surface area (Å²) in [6, 6.07) is 14.4. The Morgan fingerprint density at radius 1 is 0.975 bits per heavy atom. The molecule has 40 heavy (non-hydrogen) atoms. The maximum absolute atomic E-state index is 13.7. The monoisotopic (exact) mass is 553 g/mol. The number of piperidine rings is 1. The molecule has 2 heterocycles. The van der Waals surface area contributed by atoms with E-state index in [-0.39, 0.29) is 35.5 Å². The van der Waals surface area contributed by atoms with Crippen molar-refractivity contribution in [2.75, 3.05) is 31.5 Å². The molecule has 4 rings (SSSR count). The molecule has 0 bridgehead atoms. The van der Waals surface area contributed by atoms with Crippen LogP contribution in [0.1, 0.15) is 43.9 Å². The quantitative estimate of drug-likeness (QED) is 0.443. The van der Waals surface area contributed by atoms with E-state index in [1.807, 2.05) is 41.3 Å². The van der Waals surface area contributed by atoms with Gasteiger partial charge in [0.25, 0.3) is 0 Å². The molecule has 2 amide bonds. The number of fused-ring (bicyclic) bond motifs is 1. The first-order valence-electron chi connectivity index (χ1n) is 13.3. The van der Waals surface area contributed by atoms with Crippen molar-refractivity contribution in [3.05, 3.63) is 77.6 Å². The van der Waals surface area contributed by atoms with Crippen LogP contribution >= 0.6 is 0 Å². The molecule has 1 fully saturated rings. The lowest BCUT2D eigenvalue weighted by Crippen LogP contribution is -2.48. The number of para-hydroxylation sites is 1. The van der Waals surface area contributed by atoms with Gasteiger partial charge in [-0.1, -0.05) is 38.1 Å². The van der Waals surface area contributed by atoms with Crippen LogP contribution in [0.3, 0.4) is 0 Å². The Morgan fingerprint density at radius 2 is 1.60 bits per heavy atom. The second kappa shape index (κ2) is 14.4. The van der Waals surface area contributed by atoms with E-state index in [9.17, 15) is 23.6 Å². The van der Waals surface area contributed by atoms with Gasteiger partial charge in [-0.25, -0.2) is 14.0 Å². The fourth-order valence-electron chi connectivity index (χ4n) is 5.23. The molecule has 2 aromatic rings. The fraction of sp³-hybridized carbons (Fsp3) is 0.400. The van der Waals surface area contributed by atoms with Crippen LogP contribution < -0.4 is 5.32 Å². The highest BCUT2D eigenvalue weighted by molar-refractivity contribution is 5.92. The molecule has 3 N–H and O–H groups in total. The van der Waals surface area contributed by atoms with Crippen LogP contribution in [0.4, 0.5) is 10.1 Å². The third-order valence-corrected chi connectivity index (χ3v) is 7.03. The van der Waals surface area contributed by atoms with Crippen molar-refractivity contribution in [1.82, 2.24) is 9.80 Å². The van der Waals surface area contributed by atoms with Gasteiger partial charge in [0, 0.05) is 30.3 Å². The van der Waals surface area contributed by atoms with Crippen molar-refractivity contribution in [2.24, 2.45) is 11.8 Å². The van der Waals surface area contributed by atoms with E-state index in [1.165, 1.54) is 6.07 Å². The number of benzene rings is 2. The average molecular weight is 554 g/mol. The van der Waals surface area contributed by atoms with Gasteiger partial charge >= 0.3 is 11.9 Å². The molecule has 1 atom stereocenters. The van der Waals surface area contributed by atoms with Crippen LogP contribution in [0.2, 0.25) is 0 Å². The molecular formula is C30H36FN3O6. The van der Waals surface area contributed by atoms with Crippen LogP contribution in [-0.4, -0.2) is 69.9 Å². The van der Waals surface area contributed by atoms with Gasteiger partial charge in [0.2, 0.25) is 11.8 Å². The number of carbonyl (C=O) groups excluding carboxylic acids is 2. The van der Waals surface area contributed by atoms with Gasteiger partial charge in [-0.05, 0) is 73.7 Å². The number of anilines is 1. The minimum absolute atomic E-state index is 0.0125. The van der Waals surface area contributed by atoms with Gasteiger partial charge in [0.05, 0.1) is 12.6 Å². The predicted octanol–water partition coefficient (Wildman–Crippen LogP) is 3.97. The summed E-state index contributed by atoms with van der Waals surface area (Å²) >= 11 is 0. The van der Waals surface area contributed by atoms with Crippen LogP contribution in [0.5, 0.6) is 0 Å². The molecule has 0 aromatic heterocycles. The molecule has 2 aromatic carbocycles. The number of amides is 2. The Balaban J connectivity index is 0.000000482. The summed E-state index contributed by atoms with van der Waals surface area (Å²) in [7, 11) is 0. The second-order valence-electron chi connectivity index (χ2n) is 10.3. The zero-order chi connectivity index (χ0) is 29.2. The standard InChI is InChI=1S/C26H32FN3O2.C4H4O4/c1-18(2)25-23-9-8-21(27)16-20(23)12-15-30(25)26(32)19-10-13-29(14-11-19)17-24(31)28-22-6-4-3-5-7-22;5-3(6)1-2-4(7)8/h3-9,16,18-19,25H,10-15,17H2,1-2H3,(H,28,31);1-2H,(H,5,6)(H,7,8)/b;2-1+. The first-order chi connectivity index (χ1) is 19.0. The minimum Gasteiger partial charge on any atom is -0.478 e. The van der Waals surface area contributed by atoms with E-state index < -0.39 is 11.9 Å². The topological polar surface area (TPSA) is 127 Å². The molecule has 0 saturated carbocycles. The third-order valence-electron chi connectivity index (χ3n) is 7.03. The van der Waals surface area contributed by atoms with Crippen molar-refractivity contribution in [3.8, 4) is 0 Å². The molecule has 0 aliphatic carbocycles. The van der Waals surface area contributed by atoms with Crippen molar-refractivity contribution in [3.63, 3.8) is 0 Å². The summed E-state index contributed by atoms with van der Waals surface area (Å²) in [5, 5.41) is 18.5. The van der Waals surface area contributed by atoms with E-state index in [4.69, 9.17) is 10.2 Å². The maximum atomic E-state index is 13.7. The largest absolute Gasteiger partial charge is 0.478 e. The highest BCUT2D eigenvalue weighted by Crippen LogP contribution is 2.37. The van der Waals surface area contributed by atoms with Gasteiger partial charge in [-0.3, -0.25) is 14.5 Å². The number of carboxylic acids is 2. The number of hydrogen-bond donors (Lipinski definition) is 3. The van der Waals surface area contributed by atoms with Crippen LogP contribution in [0, 0.1) is 17.7 Å². The number of aliphatic carboxylic acids is 2. The summed E-state index contributed by atoms with van der Waals surface area (Å²) in [5.74, 6) is -2.32. The Labute approximate surface area is 233 Å². The number of rotatable bonds is 7. The number of carboxylic acid groups (broad SMARTS) is 2. The number of hydrogen-bond acceptors (Lipinski definition) is 5. The number of likely N-dealkylation sites (tertiary alicyclic amines) is 1. The minimum atomic E-state index is -1.26.